The molecule has 100 valence electrons. The van der Waals surface area contributed by atoms with Crippen molar-refractivity contribution < 1.29 is 9.53 Å². The first-order chi connectivity index (χ1) is 8.66. The van der Waals surface area contributed by atoms with E-state index in [0.29, 0.717) is 32.8 Å². The highest BCUT2D eigenvalue weighted by Crippen LogP contribution is 2.02. The average molecular weight is 252 g/mol. The van der Waals surface area contributed by atoms with E-state index in [1.54, 1.807) is 4.90 Å². The third-order valence-corrected chi connectivity index (χ3v) is 3.12. The molecule has 0 spiro atoms. The normalized spacial score (nSPS) is 15.8. The van der Waals surface area contributed by atoms with Crippen molar-refractivity contribution in [3.05, 3.63) is 17.5 Å². The number of rotatable bonds is 3. The van der Waals surface area contributed by atoms with E-state index in [2.05, 4.69) is 10.4 Å². The van der Waals surface area contributed by atoms with E-state index >= 15 is 0 Å². The van der Waals surface area contributed by atoms with Gasteiger partial charge in [0.05, 0.1) is 18.9 Å². The summed E-state index contributed by atoms with van der Waals surface area (Å²) in [7, 11) is 1.92. The highest BCUT2D eigenvalue weighted by Gasteiger charge is 2.15. The van der Waals surface area contributed by atoms with E-state index in [1.165, 1.54) is 0 Å². The number of ether oxygens (including phenoxy) is 1. The molecule has 0 atom stereocenters. The van der Waals surface area contributed by atoms with E-state index in [-0.39, 0.29) is 6.03 Å². The Bertz CT molecular complexity index is 391. The molecule has 0 unspecified atom stereocenters. The highest BCUT2D eigenvalue weighted by atomic mass is 16.5. The van der Waals surface area contributed by atoms with Gasteiger partial charge < -0.3 is 15.0 Å². The number of aromatic nitrogens is 2. The summed E-state index contributed by atoms with van der Waals surface area (Å²) < 4.78 is 7.05. The van der Waals surface area contributed by atoms with Crippen molar-refractivity contribution in [2.75, 3.05) is 32.8 Å². The van der Waals surface area contributed by atoms with E-state index in [1.807, 2.05) is 24.7 Å². The van der Waals surface area contributed by atoms with Gasteiger partial charge in [0.15, 0.2) is 0 Å². The van der Waals surface area contributed by atoms with Crippen LogP contribution in [0.3, 0.4) is 0 Å². The van der Waals surface area contributed by atoms with Crippen LogP contribution in [0, 0.1) is 6.92 Å². The van der Waals surface area contributed by atoms with Crippen LogP contribution >= 0.6 is 0 Å². The molecule has 1 aromatic rings. The standard InChI is InChI=1S/C12H20N4O2/c1-10-9-11(14-15(10)2)3-4-13-12(17)16-5-7-18-8-6-16/h9H,3-8H2,1-2H3,(H,13,17). The van der Waals surface area contributed by atoms with Crippen LogP contribution in [0.1, 0.15) is 11.4 Å². The van der Waals surface area contributed by atoms with Crippen LogP contribution < -0.4 is 5.32 Å². The number of morpholine rings is 1. The van der Waals surface area contributed by atoms with Gasteiger partial charge in [-0.05, 0) is 13.0 Å². The van der Waals surface area contributed by atoms with E-state index in [0.717, 1.165) is 17.8 Å². The van der Waals surface area contributed by atoms with Gasteiger partial charge in [0.2, 0.25) is 0 Å². The van der Waals surface area contributed by atoms with Gasteiger partial charge in [0, 0.05) is 38.8 Å². The summed E-state index contributed by atoms with van der Waals surface area (Å²) in [6.07, 6.45) is 0.762. The molecule has 1 saturated heterocycles. The largest absolute Gasteiger partial charge is 0.378 e. The Labute approximate surface area is 107 Å². The Kier molecular flexibility index (Phi) is 4.19. The number of nitrogens with zero attached hydrogens (tertiary/aromatic N) is 3. The summed E-state index contributed by atoms with van der Waals surface area (Å²) in [6, 6.07) is 2.03. The fraction of sp³-hybridized carbons (Fsp3) is 0.667. The number of carbonyl (C=O) groups is 1. The number of urea groups is 1. The fourth-order valence-electron chi connectivity index (χ4n) is 1.93. The van der Waals surface area contributed by atoms with Gasteiger partial charge in [-0.1, -0.05) is 0 Å². The third kappa shape index (κ3) is 3.22. The third-order valence-electron chi connectivity index (χ3n) is 3.12. The minimum atomic E-state index is -0.00838. The molecule has 18 heavy (non-hydrogen) atoms. The Balaban J connectivity index is 1.72. The highest BCUT2D eigenvalue weighted by molar-refractivity contribution is 5.74. The zero-order chi connectivity index (χ0) is 13.0. The van der Waals surface area contributed by atoms with Gasteiger partial charge in [0.25, 0.3) is 0 Å². The van der Waals surface area contributed by atoms with Crippen LogP contribution in [0.5, 0.6) is 0 Å². The summed E-state index contributed by atoms with van der Waals surface area (Å²) in [4.78, 5) is 13.6. The Morgan fingerprint density at radius 2 is 2.22 bits per heavy atom. The number of hydrogen-bond donors (Lipinski definition) is 1. The van der Waals surface area contributed by atoms with Crippen molar-refractivity contribution in [2.45, 2.75) is 13.3 Å². The molecule has 0 aliphatic carbocycles. The molecule has 6 heteroatoms. The molecule has 0 bridgehead atoms. The molecule has 2 heterocycles. The number of carbonyl (C=O) groups excluding carboxylic acids is 1. The monoisotopic (exact) mass is 252 g/mol. The smallest absolute Gasteiger partial charge is 0.317 e. The predicted molar refractivity (Wildman–Crippen MR) is 67.4 cm³/mol. The maximum Gasteiger partial charge on any atom is 0.317 e. The van der Waals surface area contributed by atoms with Crippen molar-refractivity contribution in [1.82, 2.24) is 20.0 Å². The molecular formula is C12H20N4O2. The second kappa shape index (κ2) is 5.86. The van der Waals surface area contributed by atoms with Crippen LogP contribution in [-0.2, 0) is 18.2 Å². The average Bonchev–Trinajstić information content (AvgIpc) is 2.69. The van der Waals surface area contributed by atoms with E-state index in [4.69, 9.17) is 4.74 Å². The molecule has 2 rings (SSSR count). The van der Waals surface area contributed by atoms with Crippen LogP contribution in [0.25, 0.3) is 0 Å². The van der Waals surface area contributed by atoms with Gasteiger partial charge in [0.1, 0.15) is 0 Å². The minimum absolute atomic E-state index is 0.00838. The zero-order valence-electron chi connectivity index (χ0n) is 11.0. The van der Waals surface area contributed by atoms with Gasteiger partial charge >= 0.3 is 6.03 Å². The Hall–Kier alpha value is -1.56. The molecule has 1 N–H and O–H groups in total. The lowest BCUT2D eigenvalue weighted by molar-refractivity contribution is 0.0533. The van der Waals surface area contributed by atoms with Crippen LogP contribution in [0.15, 0.2) is 6.07 Å². The molecule has 1 aliphatic heterocycles. The molecule has 6 nitrogen and oxygen atoms in total. The summed E-state index contributed by atoms with van der Waals surface area (Å²) in [5.74, 6) is 0. The maximum atomic E-state index is 11.8. The van der Waals surface area contributed by atoms with E-state index < -0.39 is 0 Å². The molecular weight excluding hydrogens is 232 g/mol. The van der Waals surface area contributed by atoms with Crippen molar-refractivity contribution in [3.63, 3.8) is 0 Å². The molecule has 0 radical (unpaired) electrons. The number of amides is 2. The van der Waals surface area contributed by atoms with Crippen LogP contribution in [-0.4, -0.2) is 53.6 Å². The predicted octanol–water partition coefficient (Wildman–Crippen LogP) is 0.313. The second-order valence-corrected chi connectivity index (χ2v) is 4.48. The minimum Gasteiger partial charge on any atom is -0.378 e. The quantitative estimate of drug-likeness (QED) is 0.842. The fourth-order valence-corrected chi connectivity index (χ4v) is 1.93. The van der Waals surface area contributed by atoms with Crippen molar-refractivity contribution in [1.29, 1.82) is 0 Å². The first-order valence-corrected chi connectivity index (χ1v) is 6.27. The molecule has 2 amide bonds. The Morgan fingerprint density at radius 1 is 1.50 bits per heavy atom. The molecule has 0 saturated carbocycles. The number of aryl methyl sites for hydroxylation is 2. The first kappa shape index (κ1) is 12.9. The lowest BCUT2D eigenvalue weighted by Crippen LogP contribution is -2.46. The summed E-state index contributed by atoms with van der Waals surface area (Å²) in [6.45, 7) is 5.25. The topological polar surface area (TPSA) is 59.4 Å². The van der Waals surface area contributed by atoms with Gasteiger partial charge in [-0.25, -0.2) is 4.79 Å². The summed E-state index contributed by atoms with van der Waals surface area (Å²) >= 11 is 0. The maximum absolute atomic E-state index is 11.8. The number of hydrogen-bond acceptors (Lipinski definition) is 3. The lowest BCUT2D eigenvalue weighted by Gasteiger charge is -2.26. The SMILES string of the molecule is Cc1cc(CCNC(=O)N2CCOCC2)nn1C. The van der Waals surface area contributed by atoms with Crippen molar-refractivity contribution in [2.24, 2.45) is 7.05 Å². The van der Waals surface area contributed by atoms with E-state index in [9.17, 15) is 4.79 Å². The number of nitrogens with one attached hydrogen (secondary N) is 1. The summed E-state index contributed by atoms with van der Waals surface area (Å²) in [5, 5.41) is 7.26. The molecule has 1 aromatic heterocycles. The van der Waals surface area contributed by atoms with Gasteiger partial charge in [-0.15, -0.1) is 0 Å². The molecule has 1 aliphatic rings. The van der Waals surface area contributed by atoms with Crippen molar-refractivity contribution >= 4 is 6.03 Å². The molecule has 0 aromatic carbocycles. The summed E-state index contributed by atoms with van der Waals surface area (Å²) in [5.41, 5.74) is 2.14. The zero-order valence-corrected chi connectivity index (χ0v) is 11.0. The van der Waals surface area contributed by atoms with Gasteiger partial charge in [-0.2, -0.15) is 5.10 Å². The van der Waals surface area contributed by atoms with Crippen LogP contribution in [0.4, 0.5) is 4.79 Å². The lowest BCUT2D eigenvalue weighted by atomic mass is 10.3. The van der Waals surface area contributed by atoms with Gasteiger partial charge in [-0.3, -0.25) is 4.68 Å². The first-order valence-electron chi connectivity index (χ1n) is 6.27. The molecule has 1 fully saturated rings. The Morgan fingerprint density at radius 3 is 2.83 bits per heavy atom. The van der Waals surface area contributed by atoms with Crippen molar-refractivity contribution in [3.8, 4) is 0 Å². The van der Waals surface area contributed by atoms with Crippen LogP contribution in [0.2, 0.25) is 0 Å². The second-order valence-electron chi connectivity index (χ2n) is 4.48.